The molecule has 0 aliphatic carbocycles. The van der Waals surface area contributed by atoms with Crippen molar-refractivity contribution < 1.29 is 14.7 Å². The summed E-state index contributed by atoms with van der Waals surface area (Å²) in [5.74, 6) is -1.71. The van der Waals surface area contributed by atoms with E-state index in [1.165, 1.54) is 51.4 Å². The zero-order valence-corrected chi connectivity index (χ0v) is 13.4. The number of likely N-dealkylation sites (tertiary alicyclic amines) is 1. The summed E-state index contributed by atoms with van der Waals surface area (Å²) in [5.41, 5.74) is 0. The Labute approximate surface area is 128 Å². The number of aliphatic carboxylic acids is 1. The normalized spacial score (nSPS) is 18.4. The fourth-order valence-electron chi connectivity index (χ4n) is 2.94. The smallest absolute Gasteiger partial charge is 0.223 e. The topological polar surface area (TPSA) is 60.4 Å². The van der Waals surface area contributed by atoms with Gasteiger partial charge < -0.3 is 14.8 Å². The van der Waals surface area contributed by atoms with Gasteiger partial charge in [-0.3, -0.25) is 4.79 Å². The molecule has 1 rings (SSSR count). The van der Waals surface area contributed by atoms with Crippen molar-refractivity contribution in [3.05, 3.63) is 0 Å². The highest BCUT2D eigenvalue weighted by atomic mass is 16.4. The average Bonchev–Trinajstić information content (AvgIpc) is 2.82. The molecule has 21 heavy (non-hydrogen) atoms. The third-order valence-electron chi connectivity index (χ3n) is 4.33. The maximum absolute atomic E-state index is 11.6. The number of nitrogens with zero attached hydrogens (tertiary/aromatic N) is 1. The lowest BCUT2D eigenvalue weighted by Gasteiger charge is -2.16. The first kappa shape index (κ1) is 18.0. The van der Waals surface area contributed by atoms with E-state index < -0.39 is 11.9 Å². The molecule has 1 saturated heterocycles. The number of carboxylic acid groups (broad SMARTS) is 1. The van der Waals surface area contributed by atoms with Gasteiger partial charge in [-0.15, -0.1) is 0 Å². The lowest BCUT2D eigenvalue weighted by molar-refractivity contribution is -0.311. The molecule has 0 saturated carbocycles. The van der Waals surface area contributed by atoms with Gasteiger partial charge in [-0.05, 0) is 6.42 Å². The van der Waals surface area contributed by atoms with E-state index in [2.05, 4.69) is 6.92 Å². The maximum atomic E-state index is 11.6. The first-order chi connectivity index (χ1) is 10.1. The Morgan fingerprint density at radius 3 is 2.05 bits per heavy atom. The van der Waals surface area contributed by atoms with E-state index >= 15 is 0 Å². The molecular weight excluding hydrogens is 266 g/mol. The Balaban J connectivity index is 1.93. The number of carbonyl (C=O) groups excluding carboxylic acids is 2. The van der Waals surface area contributed by atoms with Crippen molar-refractivity contribution in [1.82, 2.24) is 4.90 Å². The molecule has 0 radical (unpaired) electrons. The van der Waals surface area contributed by atoms with Crippen LogP contribution < -0.4 is 5.11 Å². The highest BCUT2D eigenvalue weighted by molar-refractivity contribution is 5.85. The van der Waals surface area contributed by atoms with E-state index in [-0.39, 0.29) is 12.3 Å². The zero-order valence-electron chi connectivity index (χ0n) is 13.4. The molecular formula is C17H30NO3-. The number of carboxylic acids is 1. The van der Waals surface area contributed by atoms with Crippen LogP contribution in [0, 0.1) is 5.92 Å². The fraction of sp³-hybridized carbons (Fsp3) is 0.882. The summed E-state index contributed by atoms with van der Waals surface area (Å²) in [7, 11) is 0. The third-order valence-corrected chi connectivity index (χ3v) is 4.33. The molecule has 0 spiro atoms. The zero-order chi connectivity index (χ0) is 15.5. The molecule has 4 heteroatoms. The van der Waals surface area contributed by atoms with Crippen LogP contribution >= 0.6 is 0 Å². The molecule has 1 aliphatic heterocycles. The molecule has 1 atom stereocenters. The maximum Gasteiger partial charge on any atom is 0.223 e. The Morgan fingerprint density at radius 1 is 1.05 bits per heavy atom. The Kier molecular flexibility index (Phi) is 9.11. The molecule has 1 heterocycles. The van der Waals surface area contributed by atoms with Crippen molar-refractivity contribution in [2.24, 2.45) is 5.92 Å². The fourth-order valence-corrected chi connectivity index (χ4v) is 2.94. The number of amides is 1. The summed E-state index contributed by atoms with van der Waals surface area (Å²) in [6.45, 7) is 3.29. The standard InChI is InChI=1S/C17H31NO3/c1-2-3-4-5-6-7-8-9-10-11-12-18-14-15(17(20)21)13-16(18)19/h15H,2-14H2,1H3,(H,20,21)/p-1. The Hall–Kier alpha value is -1.06. The van der Waals surface area contributed by atoms with Crippen molar-refractivity contribution in [2.75, 3.05) is 13.1 Å². The van der Waals surface area contributed by atoms with Crippen molar-refractivity contribution >= 4 is 11.9 Å². The molecule has 1 aliphatic rings. The lowest BCUT2D eigenvalue weighted by atomic mass is 10.1. The van der Waals surface area contributed by atoms with Crippen LogP contribution in [0.1, 0.15) is 77.6 Å². The van der Waals surface area contributed by atoms with Crippen LogP contribution in [-0.2, 0) is 9.59 Å². The van der Waals surface area contributed by atoms with Crippen molar-refractivity contribution in [2.45, 2.75) is 77.6 Å². The van der Waals surface area contributed by atoms with E-state index in [9.17, 15) is 14.7 Å². The molecule has 122 valence electrons. The molecule has 1 amide bonds. The summed E-state index contributed by atoms with van der Waals surface area (Å²) < 4.78 is 0. The van der Waals surface area contributed by atoms with E-state index in [0.29, 0.717) is 13.1 Å². The first-order valence-corrected chi connectivity index (χ1v) is 8.63. The minimum atomic E-state index is -1.09. The number of carbonyl (C=O) groups is 2. The molecule has 0 bridgehead atoms. The van der Waals surface area contributed by atoms with Gasteiger partial charge in [0.1, 0.15) is 0 Å². The molecule has 0 aromatic rings. The summed E-state index contributed by atoms with van der Waals surface area (Å²) in [5, 5.41) is 10.7. The van der Waals surface area contributed by atoms with Crippen molar-refractivity contribution in [3.63, 3.8) is 0 Å². The van der Waals surface area contributed by atoms with Gasteiger partial charge in [-0.1, -0.05) is 64.7 Å². The molecule has 0 aromatic carbocycles. The van der Waals surface area contributed by atoms with Gasteiger partial charge in [-0.2, -0.15) is 0 Å². The number of hydrogen-bond donors (Lipinski definition) is 0. The minimum Gasteiger partial charge on any atom is -0.550 e. The molecule has 0 aromatic heterocycles. The van der Waals surface area contributed by atoms with Gasteiger partial charge in [0.2, 0.25) is 5.91 Å². The quantitative estimate of drug-likeness (QED) is 0.520. The van der Waals surface area contributed by atoms with Gasteiger partial charge in [0.15, 0.2) is 0 Å². The number of hydrogen-bond acceptors (Lipinski definition) is 3. The third kappa shape index (κ3) is 7.49. The second-order valence-corrected chi connectivity index (χ2v) is 6.24. The van der Waals surface area contributed by atoms with Gasteiger partial charge in [0.25, 0.3) is 0 Å². The average molecular weight is 296 g/mol. The predicted molar refractivity (Wildman–Crippen MR) is 81.5 cm³/mol. The van der Waals surface area contributed by atoms with Crippen LogP contribution in [0.15, 0.2) is 0 Å². The molecule has 4 nitrogen and oxygen atoms in total. The predicted octanol–water partition coefficient (Wildman–Crippen LogP) is 2.51. The lowest BCUT2D eigenvalue weighted by Crippen LogP contribution is -2.33. The van der Waals surface area contributed by atoms with Gasteiger partial charge in [0, 0.05) is 31.4 Å². The Bertz CT molecular complexity index is 317. The molecule has 1 unspecified atom stereocenters. The van der Waals surface area contributed by atoms with Gasteiger partial charge in [0.05, 0.1) is 0 Å². The second kappa shape index (κ2) is 10.6. The van der Waals surface area contributed by atoms with E-state index in [0.717, 1.165) is 12.8 Å². The van der Waals surface area contributed by atoms with Crippen LogP contribution in [0.5, 0.6) is 0 Å². The number of unbranched alkanes of at least 4 members (excludes halogenated alkanes) is 9. The highest BCUT2D eigenvalue weighted by Crippen LogP contribution is 2.18. The SMILES string of the molecule is CCCCCCCCCCCCN1CC(C(=O)[O-])CC1=O. The van der Waals surface area contributed by atoms with Crippen LogP contribution in [0.2, 0.25) is 0 Å². The molecule has 0 N–H and O–H groups in total. The summed E-state index contributed by atoms with van der Waals surface area (Å²) >= 11 is 0. The van der Waals surface area contributed by atoms with Crippen LogP contribution in [0.3, 0.4) is 0 Å². The minimum absolute atomic E-state index is 0.0277. The van der Waals surface area contributed by atoms with E-state index in [1.807, 2.05) is 0 Å². The summed E-state index contributed by atoms with van der Waals surface area (Å²) in [6, 6.07) is 0. The molecule has 1 fully saturated rings. The van der Waals surface area contributed by atoms with E-state index in [4.69, 9.17) is 0 Å². The van der Waals surface area contributed by atoms with Crippen LogP contribution in [-0.4, -0.2) is 29.9 Å². The highest BCUT2D eigenvalue weighted by Gasteiger charge is 2.29. The second-order valence-electron chi connectivity index (χ2n) is 6.24. The van der Waals surface area contributed by atoms with Crippen LogP contribution in [0.4, 0.5) is 0 Å². The van der Waals surface area contributed by atoms with Gasteiger partial charge in [-0.25, -0.2) is 0 Å². The van der Waals surface area contributed by atoms with E-state index in [1.54, 1.807) is 4.90 Å². The monoisotopic (exact) mass is 296 g/mol. The van der Waals surface area contributed by atoms with Gasteiger partial charge >= 0.3 is 0 Å². The largest absolute Gasteiger partial charge is 0.550 e. The number of rotatable bonds is 12. The Morgan fingerprint density at radius 2 is 1.57 bits per heavy atom. The van der Waals surface area contributed by atoms with Crippen molar-refractivity contribution in [1.29, 1.82) is 0 Å². The summed E-state index contributed by atoms with van der Waals surface area (Å²) in [6.07, 6.45) is 12.8. The van der Waals surface area contributed by atoms with Crippen LogP contribution in [0.25, 0.3) is 0 Å². The summed E-state index contributed by atoms with van der Waals surface area (Å²) in [4.78, 5) is 24.0. The van der Waals surface area contributed by atoms with Crippen molar-refractivity contribution in [3.8, 4) is 0 Å². The first-order valence-electron chi connectivity index (χ1n) is 8.63.